The fourth-order valence-corrected chi connectivity index (χ4v) is 1.89. The molecule has 96 valence electrons. The van der Waals surface area contributed by atoms with Crippen molar-refractivity contribution in [3.63, 3.8) is 0 Å². The second kappa shape index (κ2) is 5.26. The van der Waals surface area contributed by atoms with E-state index < -0.39 is 12.1 Å². The number of cyclic esters (lactones) is 1. The standard InChI is InChI=1S/C11H10BrNO5/c12-9-2-1-6(3-8(9)10(14)15)17-5-7-4-13-11(16)18-7/h1-3,7H,4-5H2,(H,13,16)(H,14,15). The number of carbonyl (C=O) groups excluding carboxylic acids is 1. The summed E-state index contributed by atoms with van der Waals surface area (Å²) in [7, 11) is 0. The van der Waals surface area contributed by atoms with Crippen molar-refractivity contribution in [1.82, 2.24) is 5.32 Å². The molecule has 1 saturated heterocycles. The van der Waals surface area contributed by atoms with E-state index in [1.165, 1.54) is 6.07 Å². The largest absolute Gasteiger partial charge is 0.490 e. The SMILES string of the molecule is O=C1NCC(COc2ccc(Br)c(C(=O)O)c2)O1. The number of nitrogens with one attached hydrogen (secondary N) is 1. The summed E-state index contributed by atoms with van der Waals surface area (Å²) >= 11 is 3.14. The van der Waals surface area contributed by atoms with Gasteiger partial charge in [0.25, 0.3) is 0 Å². The van der Waals surface area contributed by atoms with Crippen LogP contribution in [0.5, 0.6) is 5.75 Å². The molecule has 18 heavy (non-hydrogen) atoms. The highest BCUT2D eigenvalue weighted by Gasteiger charge is 2.23. The minimum absolute atomic E-state index is 0.119. The van der Waals surface area contributed by atoms with Crippen LogP contribution in [0.1, 0.15) is 10.4 Å². The molecular weight excluding hydrogens is 306 g/mol. The highest BCUT2D eigenvalue weighted by atomic mass is 79.9. The number of aromatic carboxylic acids is 1. The Balaban J connectivity index is 1.99. The van der Waals surface area contributed by atoms with Gasteiger partial charge in [0, 0.05) is 4.47 Å². The van der Waals surface area contributed by atoms with E-state index in [0.717, 1.165) is 0 Å². The molecule has 1 aromatic rings. The van der Waals surface area contributed by atoms with Crippen molar-refractivity contribution < 1.29 is 24.2 Å². The van der Waals surface area contributed by atoms with Crippen molar-refractivity contribution in [2.24, 2.45) is 0 Å². The molecule has 1 amide bonds. The zero-order chi connectivity index (χ0) is 13.1. The zero-order valence-corrected chi connectivity index (χ0v) is 10.8. The van der Waals surface area contributed by atoms with Gasteiger partial charge in [-0.1, -0.05) is 0 Å². The zero-order valence-electron chi connectivity index (χ0n) is 9.18. The summed E-state index contributed by atoms with van der Waals surface area (Å²) in [6, 6.07) is 4.65. The van der Waals surface area contributed by atoms with Gasteiger partial charge in [-0.3, -0.25) is 0 Å². The Labute approximate surface area is 111 Å². The van der Waals surface area contributed by atoms with Crippen LogP contribution >= 0.6 is 15.9 Å². The topological polar surface area (TPSA) is 84.9 Å². The van der Waals surface area contributed by atoms with E-state index in [-0.39, 0.29) is 18.3 Å². The molecule has 1 aliphatic rings. The summed E-state index contributed by atoms with van der Waals surface area (Å²) in [5.41, 5.74) is 0.119. The normalized spacial score (nSPS) is 18.1. The molecule has 1 atom stereocenters. The number of hydrogen-bond acceptors (Lipinski definition) is 4. The molecule has 2 rings (SSSR count). The molecule has 1 aliphatic heterocycles. The number of hydrogen-bond donors (Lipinski definition) is 2. The molecule has 0 spiro atoms. The Morgan fingerprint density at radius 1 is 1.61 bits per heavy atom. The van der Waals surface area contributed by atoms with Gasteiger partial charge in [-0.15, -0.1) is 0 Å². The first kappa shape index (κ1) is 12.7. The number of ether oxygens (including phenoxy) is 2. The van der Waals surface area contributed by atoms with Crippen molar-refractivity contribution >= 4 is 28.0 Å². The van der Waals surface area contributed by atoms with Gasteiger partial charge in [0.1, 0.15) is 12.4 Å². The molecule has 0 bridgehead atoms. The average molecular weight is 316 g/mol. The minimum Gasteiger partial charge on any atom is -0.490 e. The van der Waals surface area contributed by atoms with Gasteiger partial charge in [-0.05, 0) is 34.1 Å². The first-order valence-corrected chi connectivity index (χ1v) is 5.95. The molecule has 0 aromatic heterocycles. The van der Waals surface area contributed by atoms with E-state index in [1.807, 2.05) is 0 Å². The Kier molecular flexibility index (Phi) is 3.71. The third-order valence-electron chi connectivity index (χ3n) is 2.35. The Morgan fingerprint density at radius 3 is 3.00 bits per heavy atom. The van der Waals surface area contributed by atoms with Gasteiger partial charge >= 0.3 is 12.1 Å². The van der Waals surface area contributed by atoms with Crippen LogP contribution in [0.2, 0.25) is 0 Å². The van der Waals surface area contributed by atoms with E-state index >= 15 is 0 Å². The van der Waals surface area contributed by atoms with Gasteiger partial charge in [-0.25, -0.2) is 9.59 Å². The van der Waals surface area contributed by atoms with Crippen LogP contribution in [0, 0.1) is 0 Å². The predicted molar refractivity (Wildman–Crippen MR) is 64.9 cm³/mol. The first-order valence-electron chi connectivity index (χ1n) is 5.16. The van der Waals surface area contributed by atoms with Crippen LogP contribution in [-0.2, 0) is 4.74 Å². The van der Waals surface area contributed by atoms with E-state index in [4.69, 9.17) is 14.6 Å². The molecule has 1 aromatic carbocycles. The number of rotatable bonds is 4. The molecule has 0 aliphatic carbocycles. The van der Waals surface area contributed by atoms with Crippen LogP contribution in [0.3, 0.4) is 0 Å². The van der Waals surface area contributed by atoms with Crippen molar-refractivity contribution in [3.05, 3.63) is 28.2 Å². The summed E-state index contributed by atoms with van der Waals surface area (Å²) in [5, 5.41) is 11.4. The van der Waals surface area contributed by atoms with Crippen LogP contribution in [0.4, 0.5) is 4.79 Å². The van der Waals surface area contributed by atoms with E-state index in [1.54, 1.807) is 12.1 Å². The Hall–Kier alpha value is -1.76. The number of alkyl carbamates (subject to hydrolysis) is 1. The molecule has 0 saturated carbocycles. The number of carboxylic acid groups (broad SMARTS) is 1. The Morgan fingerprint density at radius 2 is 2.39 bits per heavy atom. The monoisotopic (exact) mass is 315 g/mol. The summed E-state index contributed by atoms with van der Waals surface area (Å²) in [5.74, 6) is -0.625. The summed E-state index contributed by atoms with van der Waals surface area (Å²) in [6.07, 6.45) is -0.819. The highest BCUT2D eigenvalue weighted by Crippen LogP contribution is 2.23. The third kappa shape index (κ3) is 2.92. The number of benzene rings is 1. The van der Waals surface area contributed by atoms with E-state index in [9.17, 15) is 9.59 Å². The molecular formula is C11H10BrNO5. The molecule has 1 fully saturated rings. The van der Waals surface area contributed by atoms with Crippen molar-refractivity contribution in [3.8, 4) is 5.75 Å². The van der Waals surface area contributed by atoms with Crippen molar-refractivity contribution in [1.29, 1.82) is 0 Å². The van der Waals surface area contributed by atoms with Crippen LogP contribution < -0.4 is 10.1 Å². The maximum Gasteiger partial charge on any atom is 0.407 e. The van der Waals surface area contributed by atoms with Gasteiger partial charge < -0.3 is 19.9 Å². The molecule has 1 unspecified atom stereocenters. The third-order valence-corrected chi connectivity index (χ3v) is 3.04. The van der Waals surface area contributed by atoms with E-state index in [0.29, 0.717) is 16.8 Å². The number of amides is 1. The minimum atomic E-state index is -1.04. The van der Waals surface area contributed by atoms with Crippen LogP contribution in [0.15, 0.2) is 22.7 Å². The lowest BCUT2D eigenvalue weighted by Crippen LogP contribution is -2.22. The van der Waals surface area contributed by atoms with Gasteiger partial charge in [0.05, 0.1) is 12.1 Å². The summed E-state index contributed by atoms with van der Waals surface area (Å²) < 4.78 is 10.7. The predicted octanol–water partition coefficient (Wildman–Crippen LogP) is 1.63. The Bertz CT molecular complexity index is 490. The number of carbonyl (C=O) groups is 2. The van der Waals surface area contributed by atoms with Gasteiger partial charge in [0.15, 0.2) is 6.10 Å². The lowest BCUT2D eigenvalue weighted by atomic mass is 10.2. The molecule has 0 radical (unpaired) electrons. The quantitative estimate of drug-likeness (QED) is 0.882. The lowest BCUT2D eigenvalue weighted by Gasteiger charge is -2.11. The smallest absolute Gasteiger partial charge is 0.407 e. The lowest BCUT2D eigenvalue weighted by molar-refractivity contribution is 0.0695. The van der Waals surface area contributed by atoms with E-state index in [2.05, 4.69) is 21.2 Å². The number of carboxylic acids is 1. The fraction of sp³-hybridized carbons (Fsp3) is 0.273. The van der Waals surface area contributed by atoms with Gasteiger partial charge in [0.2, 0.25) is 0 Å². The second-order valence-corrected chi connectivity index (χ2v) is 4.52. The number of halogens is 1. The molecule has 7 heteroatoms. The first-order chi connectivity index (χ1) is 8.56. The molecule has 2 N–H and O–H groups in total. The maximum absolute atomic E-state index is 10.9. The van der Waals surface area contributed by atoms with Crippen molar-refractivity contribution in [2.75, 3.05) is 13.2 Å². The summed E-state index contributed by atoms with van der Waals surface area (Å²) in [4.78, 5) is 21.7. The molecule has 1 heterocycles. The highest BCUT2D eigenvalue weighted by molar-refractivity contribution is 9.10. The fourth-order valence-electron chi connectivity index (χ4n) is 1.47. The molecule has 6 nitrogen and oxygen atoms in total. The van der Waals surface area contributed by atoms with Crippen LogP contribution in [0.25, 0.3) is 0 Å². The van der Waals surface area contributed by atoms with Crippen LogP contribution in [-0.4, -0.2) is 36.4 Å². The maximum atomic E-state index is 10.9. The van der Waals surface area contributed by atoms with Gasteiger partial charge in [-0.2, -0.15) is 0 Å². The summed E-state index contributed by atoms with van der Waals surface area (Å²) in [6.45, 7) is 0.570. The average Bonchev–Trinajstić information content (AvgIpc) is 2.74. The van der Waals surface area contributed by atoms with Crippen molar-refractivity contribution in [2.45, 2.75) is 6.10 Å². The second-order valence-electron chi connectivity index (χ2n) is 3.67.